The minimum atomic E-state index is -0.113. The molecule has 1 saturated heterocycles. The number of piperidine rings is 1. The molecule has 0 saturated carbocycles. The third-order valence-corrected chi connectivity index (χ3v) is 4.84. The molecule has 1 aromatic carbocycles. The van der Waals surface area contributed by atoms with E-state index in [9.17, 15) is 4.79 Å². The molecule has 1 aromatic rings. The Bertz CT molecular complexity index is 503. The Kier molecular flexibility index (Phi) is 8.14. The fourth-order valence-electron chi connectivity index (χ4n) is 2.67. The summed E-state index contributed by atoms with van der Waals surface area (Å²) in [6.07, 6.45) is 2.00. The van der Waals surface area contributed by atoms with E-state index in [1.807, 2.05) is 0 Å². The number of ether oxygens (including phenoxy) is 1. The van der Waals surface area contributed by atoms with E-state index >= 15 is 0 Å². The smallest absolute Gasteiger partial charge is 0.252 e. The Morgan fingerprint density at radius 3 is 2.77 bits per heavy atom. The number of rotatable bonds is 5. The molecule has 0 aliphatic carbocycles. The quantitative estimate of drug-likeness (QED) is 0.781. The molecule has 0 aromatic heterocycles. The predicted molar refractivity (Wildman–Crippen MR) is 95.1 cm³/mol. The number of carbonyl (C=O) groups excluding carboxylic acids is 1. The van der Waals surface area contributed by atoms with Crippen molar-refractivity contribution in [2.24, 2.45) is 5.41 Å². The van der Waals surface area contributed by atoms with Crippen LogP contribution in [-0.2, 0) is 4.74 Å². The van der Waals surface area contributed by atoms with Crippen molar-refractivity contribution >= 4 is 45.8 Å². The van der Waals surface area contributed by atoms with Crippen molar-refractivity contribution in [3.63, 3.8) is 0 Å². The largest absolute Gasteiger partial charge is 0.384 e. The lowest BCUT2D eigenvalue weighted by molar-refractivity contribution is 0.0511. The summed E-state index contributed by atoms with van der Waals surface area (Å²) in [5, 5.41) is 6.92. The summed E-state index contributed by atoms with van der Waals surface area (Å²) < 4.78 is 6.10. The molecule has 0 spiro atoms. The summed E-state index contributed by atoms with van der Waals surface area (Å²) in [7, 11) is 1.71. The highest BCUT2D eigenvalue weighted by Crippen LogP contribution is 2.28. The number of benzene rings is 1. The molecule has 1 aliphatic rings. The van der Waals surface area contributed by atoms with Crippen molar-refractivity contribution in [2.75, 3.05) is 33.4 Å². The average molecular weight is 412 g/mol. The van der Waals surface area contributed by atoms with Crippen LogP contribution in [0.15, 0.2) is 22.7 Å². The predicted octanol–water partition coefficient (Wildman–Crippen LogP) is 3.27. The van der Waals surface area contributed by atoms with E-state index in [1.54, 1.807) is 25.3 Å². The van der Waals surface area contributed by atoms with Crippen LogP contribution in [0.4, 0.5) is 0 Å². The minimum Gasteiger partial charge on any atom is -0.384 e. The SMILES string of the molecule is COCC1(CNC(=O)c2cc(Cl)ccc2Br)CCNCC1.Cl. The fraction of sp³-hybridized carbons (Fsp3) is 0.533. The van der Waals surface area contributed by atoms with E-state index in [4.69, 9.17) is 16.3 Å². The van der Waals surface area contributed by atoms with Gasteiger partial charge in [0, 0.05) is 28.6 Å². The van der Waals surface area contributed by atoms with Gasteiger partial charge in [-0.3, -0.25) is 4.79 Å². The van der Waals surface area contributed by atoms with Crippen LogP contribution in [0.1, 0.15) is 23.2 Å². The first-order valence-electron chi connectivity index (χ1n) is 6.99. The van der Waals surface area contributed by atoms with E-state index in [0.29, 0.717) is 23.7 Å². The summed E-state index contributed by atoms with van der Waals surface area (Å²) in [5.74, 6) is -0.113. The van der Waals surface area contributed by atoms with Gasteiger partial charge in [-0.1, -0.05) is 11.6 Å². The zero-order chi connectivity index (χ0) is 15.3. The molecule has 1 heterocycles. The molecule has 0 unspecified atom stereocenters. The average Bonchev–Trinajstić information content (AvgIpc) is 2.49. The Morgan fingerprint density at radius 2 is 2.14 bits per heavy atom. The molecule has 7 heteroatoms. The van der Waals surface area contributed by atoms with Gasteiger partial charge in [0.15, 0.2) is 0 Å². The van der Waals surface area contributed by atoms with Gasteiger partial charge in [0.05, 0.1) is 12.2 Å². The Morgan fingerprint density at radius 1 is 1.45 bits per heavy atom. The highest BCUT2D eigenvalue weighted by atomic mass is 79.9. The van der Waals surface area contributed by atoms with E-state index in [0.717, 1.165) is 30.4 Å². The summed E-state index contributed by atoms with van der Waals surface area (Å²) in [5.41, 5.74) is 0.574. The third-order valence-electron chi connectivity index (χ3n) is 3.91. The van der Waals surface area contributed by atoms with Gasteiger partial charge < -0.3 is 15.4 Å². The molecule has 0 atom stereocenters. The molecule has 0 bridgehead atoms. The fourth-order valence-corrected chi connectivity index (χ4v) is 3.27. The zero-order valence-corrected chi connectivity index (χ0v) is 15.6. The highest BCUT2D eigenvalue weighted by molar-refractivity contribution is 9.10. The van der Waals surface area contributed by atoms with Crippen molar-refractivity contribution < 1.29 is 9.53 Å². The summed E-state index contributed by atoms with van der Waals surface area (Å²) >= 11 is 9.34. The van der Waals surface area contributed by atoms with Gasteiger partial charge in [-0.2, -0.15) is 0 Å². The van der Waals surface area contributed by atoms with Crippen LogP contribution in [0.2, 0.25) is 5.02 Å². The van der Waals surface area contributed by atoms with Crippen molar-refractivity contribution in [3.05, 3.63) is 33.3 Å². The number of methoxy groups -OCH3 is 1. The molecule has 1 fully saturated rings. The second kappa shape index (κ2) is 9.08. The van der Waals surface area contributed by atoms with E-state index in [1.165, 1.54) is 0 Å². The number of amides is 1. The number of hydrogen-bond donors (Lipinski definition) is 2. The monoisotopic (exact) mass is 410 g/mol. The molecule has 2 N–H and O–H groups in total. The molecule has 4 nitrogen and oxygen atoms in total. The van der Waals surface area contributed by atoms with Crippen molar-refractivity contribution in [1.82, 2.24) is 10.6 Å². The molecule has 1 aliphatic heterocycles. The molecule has 0 radical (unpaired) electrons. The van der Waals surface area contributed by atoms with Gasteiger partial charge in [0.2, 0.25) is 0 Å². The second-order valence-electron chi connectivity index (χ2n) is 5.49. The summed E-state index contributed by atoms with van der Waals surface area (Å²) in [6, 6.07) is 5.21. The first-order chi connectivity index (χ1) is 10.1. The lowest BCUT2D eigenvalue weighted by Gasteiger charge is -2.37. The Hall–Kier alpha value is -0.330. The molecule has 2 rings (SSSR count). The molecular weight excluding hydrogens is 391 g/mol. The van der Waals surface area contributed by atoms with Crippen LogP contribution in [-0.4, -0.2) is 39.3 Å². The van der Waals surface area contributed by atoms with Crippen molar-refractivity contribution in [2.45, 2.75) is 12.8 Å². The summed E-state index contributed by atoms with van der Waals surface area (Å²) in [4.78, 5) is 12.4. The van der Waals surface area contributed by atoms with Crippen LogP contribution >= 0.6 is 39.9 Å². The second-order valence-corrected chi connectivity index (χ2v) is 6.78. The van der Waals surface area contributed by atoms with Gasteiger partial charge in [-0.15, -0.1) is 12.4 Å². The topological polar surface area (TPSA) is 50.4 Å². The Labute approximate surface area is 150 Å². The minimum absolute atomic E-state index is 0. The van der Waals surface area contributed by atoms with Gasteiger partial charge in [-0.25, -0.2) is 0 Å². The molecule has 22 heavy (non-hydrogen) atoms. The number of nitrogens with one attached hydrogen (secondary N) is 2. The Balaban J connectivity index is 0.00000242. The highest BCUT2D eigenvalue weighted by Gasteiger charge is 2.32. The lowest BCUT2D eigenvalue weighted by Crippen LogP contribution is -2.47. The molecular formula is C15H21BrCl2N2O2. The van der Waals surface area contributed by atoms with E-state index in [2.05, 4.69) is 26.6 Å². The van der Waals surface area contributed by atoms with Gasteiger partial charge >= 0.3 is 0 Å². The summed E-state index contributed by atoms with van der Waals surface area (Å²) in [6.45, 7) is 3.19. The van der Waals surface area contributed by atoms with Crippen LogP contribution in [0.3, 0.4) is 0 Å². The van der Waals surface area contributed by atoms with Crippen LogP contribution in [0.5, 0.6) is 0 Å². The van der Waals surface area contributed by atoms with Gasteiger partial charge in [-0.05, 0) is 60.1 Å². The maximum atomic E-state index is 12.4. The van der Waals surface area contributed by atoms with Crippen LogP contribution in [0.25, 0.3) is 0 Å². The normalized spacial score (nSPS) is 16.7. The van der Waals surface area contributed by atoms with Crippen LogP contribution < -0.4 is 10.6 Å². The van der Waals surface area contributed by atoms with Crippen molar-refractivity contribution in [1.29, 1.82) is 0 Å². The van der Waals surface area contributed by atoms with Crippen molar-refractivity contribution in [3.8, 4) is 0 Å². The van der Waals surface area contributed by atoms with Crippen LogP contribution in [0, 0.1) is 5.41 Å². The van der Waals surface area contributed by atoms with Gasteiger partial charge in [0.25, 0.3) is 5.91 Å². The zero-order valence-electron chi connectivity index (χ0n) is 12.5. The number of halogens is 3. The van der Waals surface area contributed by atoms with E-state index < -0.39 is 0 Å². The molecule has 1 amide bonds. The maximum absolute atomic E-state index is 12.4. The number of carbonyl (C=O) groups is 1. The lowest BCUT2D eigenvalue weighted by atomic mass is 9.79. The first kappa shape index (κ1) is 19.7. The third kappa shape index (κ3) is 5.10. The van der Waals surface area contributed by atoms with E-state index in [-0.39, 0.29) is 23.7 Å². The number of hydrogen-bond acceptors (Lipinski definition) is 3. The van der Waals surface area contributed by atoms with Gasteiger partial charge in [0.1, 0.15) is 0 Å². The molecule has 124 valence electrons. The maximum Gasteiger partial charge on any atom is 0.252 e. The standard InChI is InChI=1S/C15H20BrClN2O2.ClH/c1-21-10-15(4-6-18-7-5-15)9-19-14(20)12-8-11(17)2-3-13(12)16;/h2-3,8,18H,4-7,9-10H2,1H3,(H,19,20);1H. The first-order valence-corrected chi connectivity index (χ1v) is 8.16.